The number of amides is 1. The van der Waals surface area contributed by atoms with Gasteiger partial charge >= 0.3 is 0 Å². The Kier molecular flexibility index (Phi) is 5.90. The fourth-order valence-corrected chi connectivity index (χ4v) is 2.30. The van der Waals surface area contributed by atoms with Crippen LogP contribution in [0.5, 0.6) is 0 Å². The molecule has 0 fully saturated rings. The Morgan fingerprint density at radius 2 is 2.08 bits per heavy atom. The van der Waals surface area contributed by atoms with Gasteiger partial charge in [-0.25, -0.2) is 9.97 Å². The van der Waals surface area contributed by atoms with E-state index in [1.165, 1.54) is 0 Å². The van der Waals surface area contributed by atoms with Crippen LogP contribution >= 0.6 is 0 Å². The number of benzene rings is 1. The number of aromatic nitrogens is 2. The van der Waals surface area contributed by atoms with E-state index in [-0.39, 0.29) is 11.9 Å². The van der Waals surface area contributed by atoms with Gasteiger partial charge in [0.15, 0.2) is 5.82 Å². The second kappa shape index (κ2) is 7.90. The molecule has 0 aliphatic carbocycles. The zero-order chi connectivity index (χ0) is 17.7. The number of nitrogens with one attached hydrogen (secondary N) is 1. The lowest BCUT2D eigenvalue weighted by Gasteiger charge is -2.25. The lowest BCUT2D eigenvalue weighted by Crippen LogP contribution is -2.32. The maximum absolute atomic E-state index is 12.4. The van der Waals surface area contributed by atoms with Crippen LogP contribution in [0.4, 0.5) is 5.82 Å². The summed E-state index contributed by atoms with van der Waals surface area (Å²) in [6.45, 7) is 8.85. The first-order valence-corrected chi connectivity index (χ1v) is 8.39. The SMILES string of the molecule is CCCNC(=O)c1cnc(-c2cccc(C)c2)nc1N(C)C(C)C. The minimum atomic E-state index is -0.129. The molecule has 0 spiro atoms. The van der Waals surface area contributed by atoms with Crippen LogP contribution in [-0.4, -0.2) is 35.5 Å². The molecule has 0 radical (unpaired) electrons. The Balaban J connectivity index is 2.47. The predicted molar refractivity (Wildman–Crippen MR) is 98.4 cm³/mol. The number of hydrogen-bond acceptors (Lipinski definition) is 4. The normalized spacial score (nSPS) is 10.8. The summed E-state index contributed by atoms with van der Waals surface area (Å²) in [7, 11) is 1.95. The van der Waals surface area contributed by atoms with E-state index < -0.39 is 0 Å². The fraction of sp³-hybridized carbons (Fsp3) is 0.421. The number of rotatable bonds is 6. The molecule has 1 N–H and O–H groups in total. The first-order valence-electron chi connectivity index (χ1n) is 8.39. The molecule has 2 rings (SSSR count). The van der Waals surface area contributed by atoms with Crippen molar-refractivity contribution in [1.29, 1.82) is 0 Å². The quantitative estimate of drug-likeness (QED) is 0.883. The number of anilines is 1. The number of nitrogens with zero attached hydrogens (tertiary/aromatic N) is 3. The summed E-state index contributed by atoms with van der Waals surface area (Å²) in [5, 5.41) is 2.91. The molecule has 1 aromatic carbocycles. The Hall–Kier alpha value is -2.43. The number of aryl methyl sites for hydroxylation is 1. The van der Waals surface area contributed by atoms with Gasteiger partial charge in [0.05, 0.1) is 0 Å². The van der Waals surface area contributed by atoms with Crippen molar-refractivity contribution in [2.45, 2.75) is 40.2 Å². The van der Waals surface area contributed by atoms with Crippen molar-refractivity contribution >= 4 is 11.7 Å². The maximum atomic E-state index is 12.4. The number of hydrogen-bond donors (Lipinski definition) is 1. The van der Waals surface area contributed by atoms with E-state index in [0.717, 1.165) is 17.5 Å². The first-order chi connectivity index (χ1) is 11.4. The zero-order valence-corrected chi connectivity index (χ0v) is 15.1. The lowest BCUT2D eigenvalue weighted by molar-refractivity contribution is 0.0953. The monoisotopic (exact) mass is 326 g/mol. The Morgan fingerprint density at radius 1 is 1.33 bits per heavy atom. The van der Waals surface area contributed by atoms with Gasteiger partial charge in [-0.2, -0.15) is 0 Å². The van der Waals surface area contributed by atoms with Crippen LogP contribution in [0.3, 0.4) is 0 Å². The molecule has 5 heteroatoms. The van der Waals surface area contributed by atoms with Crippen LogP contribution in [0.25, 0.3) is 11.4 Å². The van der Waals surface area contributed by atoms with Gasteiger partial charge in [-0.15, -0.1) is 0 Å². The summed E-state index contributed by atoms with van der Waals surface area (Å²) in [4.78, 5) is 23.5. The Bertz CT molecular complexity index is 712. The summed E-state index contributed by atoms with van der Waals surface area (Å²) >= 11 is 0. The lowest BCUT2D eigenvalue weighted by atomic mass is 10.1. The Labute approximate surface area is 144 Å². The smallest absolute Gasteiger partial charge is 0.256 e. The van der Waals surface area contributed by atoms with Crippen molar-refractivity contribution in [3.05, 3.63) is 41.6 Å². The zero-order valence-electron chi connectivity index (χ0n) is 15.1. The van der Waals surface area contributed by atoms with E-state index in [1.807, 2.05) is 50.1 Å². The molecule has 2 aromatic rings. The van der Waals surface area contributed by atoms with Crippen LogP contribution in [0.2, 0.25) is 0 Å². The van der Waals surface area contributed by atoms with Crippen LogP contribution in [0.1, 0.15) is 43.1 Å². The molecule has 0 saturated carbocycles. The third-order valence-corrected chi connectivity index (χ3v) is 3.93. The molecule has 0 atom stereocenters. The topological polar surface area (TPSA) is 58.1 Å². The van der Waals surface area contributed by atoms with E-state index in [0.29, 0.717) is 23.8 Å². The third kappa shape index (κ3) is 4.10. The highest BCUT2D eigenvalue weighted by molar-refractivity contribution is 5.98. The van der Waals surface area contributed by atoms with E-state index in [9.17, 15) is 4.79 Å². The highest BCUT2D eigenvalue weighted by Gasteiger charge is 2.19. The van der Waals surface area contributed by atoms with Crippen LogP contribution in [-0.2, 0) is 0 Å². The standard InChI is InChI=1S/C19H26N4O/c1-6-10-20-19(24)16-12-21-17(15-9-7-8-14(4)11-15)22-18(16)23(5)13(2)3/h7-9,11-13H,6,10H2,1-5H3,(H,20,24). The fourth-order valence-electron chi connectivity index (χ4n) is 2.30. The van der Waals surface area contributed by atoms with Gasteiger partial charge in [-0.1, -0.05) is 30.7 Å². The van der Waals surface area contributed by atoms with Crippen molar-refractivity contribution in [3.63, 3.8) is 0 Å². The van der Waals surface area contributed by atoms with Crippen molar-refractivity contribution in [2.75, 3.05) is 18.5 Å². The van der Waals surface area contributed by atoms with Crippen molar-refractivity contribution in [3.8, 4) is 11.4 Å². The van der Waals surface area contributed by atoms with Crippen molar-refractivity contribution in [1.82, 2.24) is 15.3 Å². The van der Waals surface area contributed by atoms with E-state index in [2.05, 4.69) is 29.1 Å². The summed E-state index contributed by atoms with van der Waals surface area (Å²) < 4.78 is 0. The molecule has 1 aromatic heterocycles. The van der Waals surface area contributed by atoms with Gasteiger partial charge in [-0.3, -0.25) is 4.79 Å². The molecule has 0 aliphatic rings. The molecule has 128 valence electrons. The molecule has 0 aliphatic heterocycles. The molecule has 1 amide bonds. The summed E-state index contributed by atoms with van der Waals surface area (Å²) in [5.74, 6) is 1.16. The van der Waals surface area contributed by atoms with Gasteiger partial charge in [0.25, 0.3) is 5.91 Å². The minimum absolute atomic E-state index is 0.129. The van der Waals surface area contributed by atoms with Crippen LogP contribution < -0.4 is 10.2 Å². The average molecular weight is 326 g/mol. The number of carbonyl (C=O) groups excluding carboxylic acids is 1. The van der Waals surface area contributed by atoms with Gasteiger partial charge in [-0.05, 0) is 33.3 Å². The maximum Gasteiger partial charge on any atom is 0.256 e. The summed E-state index contributed by atoms with van der Waals surface area (Å²) in [6.07, 6.45) is 2.52. The van der Waals surface area contributed by atoms with Gasteiger partial charge in [0.2, 0.25) is 0 Å². The average Bonchev–Trinajstić information content (AvgIpc) is 2.58. The van der Waals surface area contributed by atoms with E-state index >= 15 is 0 Å². The third-order valence-electron chi connectivity index (χ3n) is 3.93. The molecule has 0 saturated heterocycles. The molecule has 24 heavy (non-hydrogen) atoms. The molecule has 5 nitrogen and oxygen atoms in total. The molecule has 0 bridgehead atoms. The predicted octanol–water partition coefficient (Wildman–Crippen LogP) is 3.44. The van der Waals surface area contributed by atoms with Crippen LogP contribution in [0.15, 0.2) is 30.5 Å². The second-order valence-corrected chi connectivity index (χ2v) is 6.26. The van der Waals surface area contributed by atoms with Gasteiger partial charge < -0.3 is 10.2 Å². The largest absolute Gasteiger partial charge is 0.356 e. The number of carbonyl (C=O) groups is 1. The van der Waals surface area contributed by atoms with Crippen molar-refractivity contribution < 1.29 is 4.79 Å². The highest BCUT2D eigenvalue weighted by Crippen LogP contribution is 2.23. The van der Waals surface area contributed by atoms with Crippen LogP contribution in [0, 0.1) is 6.92 Å². The van der Waals surface area contributed by atoms with Crippen molar-refractivity contribution in [2.24, 2.45) is 0 Å². The highest BCUT2D eigenvalue weighted by atomic mass is 16.1. The molecule has 0 unspecified atom stereocenters. The molecular weight excluding hydrogens is 300 g/mol. The van der Waals surface area contributed by atoms with Gasteiger partial charge in [0.1, 0.15) is 11.4 Å². The van der Waals surface area contributed by atoms with E-state index in [4.69, 9.17) is 0 Å². The summed E-state index contributed by atoms with van der Waals surface area (Å²) in [6, 6.07) is 8.28. The molecular formula is C19H26N4O. The molecule has 1 heterocycles. The minimum Gasteiger partial charge on any atom is -0.356 e. The van der Waals surface area contributed by atoms with Gasteiger partial charge in [0, 0.05) is 31.4 Å². The summed E-state index contributed by atoms with van der Waals surface area (Å²) in [5.41, 5.74) is 2.62. The first kappa shape index (κ1) is 17.9. The Morgan fingerprint density at radius 3 is 2.71 bits per heavy atom. The second-order valence-electron chi connectivity index (χ2n) is 6.26. The van der Waals surface area contributed by atoms with E-state index in [1.54, 1.807) is 6.20 Å².